The van der Waals surface area contributed by atoms with E-state index in [-0.39, 0.29) is 46.8 Å². The van der Waals surface area contributed by atoms with Crippen LogP contribution in [0.2, 0.25) is 0 Å². The van der Waals surface area contributed by atoms with Crippen molar-refractivity contribution in [1.29, 1.82) is 0 Å². The summed E-state index contributed by atoms with van der Waals surface area (Å²) in [6.07, 6.45) is -8.65. The average Bonchev–Trinajstić information content (AvgIpc) is 3.28. The number of hydrogen-bond donors (Lipinski definition) is 2. The van der Waals surface area contributed by atoms with Gasteiger partial charge in [-0.2, -0.15) is 26.3 Å². The van der Waals surface area contributed by atoms with Crippen LogP contribution in [0.5, 0.6) is 0 Å². The number of aliphatic hydroxyl groups excluding tert-OH is 1. The molecule has 242 valence electrons. The van der Waals surface area contributed by atoms with Gasteiger partial charge in [0.05, 0.1) is 10.1 Å². The molecule has 0 aromatic heterocycles. The number of halogens is 6. The maximum atomic E-state index is 13.8. The van der Waals surface area contributed by atoms with Crippen molar-refractivity contribution in [2.45, 2.75) is 113 Å². The number of rotatable bonds is 6. The van der Waals surface area contributed by atoms with Crippen molar-refractivity contribution in [2.24, 2.45) is 40.4 Å². The van der Waals surface area contributed by atoms with E-state index in [2.05, 4.69) is 6.92 Å². The zero-order valence-electron chi connectivity index (χ0n) is 24.8. The van der Waals surface area contributed by atoms with Crippen molar-refractivity contribution in [2.75, 3.05) is 0 Å². The molecular weight excluding hydrogens is 594 g/mol. The first kappa shape index (κ1) is 32.8. The SMILES string of the molecule is C[C@H](C(C[C@@H](O)C(F)(F)F)S(=O)(=O)c1ccccc1)[C@H]1CCC2[C@@H]3CC=C4C[C@](O)(C(F)(F)F)CC[C@]4(C)C3CC[C@@]21C. The van der Waals surface area contributed by atoms with Gasteiger partial charge in [-0.05, 0) is 104 Å². The Bertz CT molecular complexity index is 1330. The van der Waals surface area contributed by atoms with Crippen molar-refractivity contribution in [3.05, 3.63) is 42.0 Å². The first-order chi connectivity index (χ1) is 19.8. The fourth-order valence-corrected chi connectivity index (χ4v) is 11.9. The molecule has 0 bridgehead atoms. The topological polar surface area (TPSA) is 74.6 Å². The maximum absolute atomic E-state index is 13.8. The van der Waals surface area contributed by atoms with E-state index in [1.54, 1.807) is 13.0 Å². The second-order valence-electron chi connectivity index (χ2n) is 14.2. The summed E-state index contributed by atoms with van der Waals surface area (Å²) in [5.74, 6) is -0.456. The maximum Gasteiger partial charge on any atom is 0.417 e. The normalized spacial score (nSPS) is 38.7. The molecule has 0 spiro atoms. The molecule has 0 aliphatic heterocycles. The molecule has 4 aliphatic rings. The Labute approximate surface area is 249 Å². The Morgan fingerprint density at radius 1 is 0.953 bits per heavy atom. The Morgan fingerprint density at radius 3 is 2.21 bits per heavy atom. The van der Waals surface area contributed by atoms with Gasteiger partial charge in [-0.15, -0.1) is 0 Å². The third-order valence-electron chi connectivity index (χ3n) is 12.3. The van der Waals surface area contributed by atoms with Crippen molar-refractivity contribution in [3.63, 3.8) is 0 Å². The molecule has 11 heteroatoms. The standard InChI is InChI=1S/C32H42F6O4S/c1-19(26(17-27(39)31(33,34)35)43(41,42)21-7-5-4-6-8-21)23-11-12-24-22-10-9-20-18-30(40,32(36,37)38)16-15-28(20,2)25(22)13-14-29(23,24)3/h4-9,19,22-27,39-40H,10-18H2,1-3H3/t19-,22-,23+,24?,25?,26?,27+,28-,29+,30-/m0/s1. The zero-order valence-corrected chi connectivity index (χ0v) is 25.6. The molecule has 2 N–H and O–H groups in total. The van der Waals surface area contributed by atoms with E-state index in [0.29, 0.717) is 24.8 Å². The highest BCUT2D eigenvalue weighted by Crippen LogP contribution is 2.68. The summed E-state index contributed by atoms with van der Waals surface area (Å²) in [6.45, 7) is 5.83. The van der Waals surface area contributed by atoms with Crippen LogP contribution in [0.25, 0.3) is 0 Å². The van der Waals surface area contributed by atoms with Crippen LogP contribution >= 0.6 is 0 Å². The van der Waals surface area contributed by atoms with Crippen molar-refractivity contribution in [3.8, 4) is 0 Å². The summed E-state index contributed by atoms with van der Waals surface area (Å²) in [5, 5.41) is 19.1. The Morgan fingerprint density at radius 2 is 1.60 bits per heavy atom. The van der Waals surface area contributed by atoms with E-state index >= 15 is 0 Å². The van der Waals surface area contributed by atoms with Crippen molar-refractivity contribution >= 4 is 9.84 Å². The lowest BCUT2D eigenvalue weighted by Crippen LogP contribution is -2.56. The molecule has 43 heavy (non-hydrogen) atoms. The number of sulfone groups is 1. The monoisotopic (exact) mass is 636 g/mol. The van der Waals surface area contributed by atoms with E-state index in [1.165, 1.54) is 24.3 Å². The minimum Gasteiger partial charge on any atom is -0.384 e. The predicted octanol–water partition coefficient (Wildman–Crippen LogP) is 7.65. The average molecular weight is 637 g/mol. The van der Waals surface area contributed by atoms with E-state index < -0.39 is 63.3 Å². The second kappa shape index (κ2) is 10.7. The number of aliphatic hydroxyl groups is 2. The summed E-state index contributed by atoms with van der Waals surface area (Å²) < 4.78 is 109. The molecule has 4 nitrogen and oxygen atoms in total. The number of alkyl halides is 6. The van der Waals surface area contributed by atoms with Crippen molar-refractivity contribution in [1.82, 2.24) is 0 Å². The van der Waals surface area contributed by atoms with Gasteiger partial charge in [-0.3, -0.25) is 0 Å². The lowest BCUT2D eigenvalue weighted by molar-refractivity contribution is -0.271. The van der Waals surface area contributed by atoms with Gasteiger partial charge in [0.1, 0.15) is 0 Å². The highest BCUT2D eigenvalue weighted by atomic mass is 32.2. The molecule has 3 unspecified atom stereocenters. The molecule has 4 aliphatic carbocycles. The van der Waals surface area contributed by atoms with Crippen molar-refractivity contribution < 1.29 is 45.0 Å². The highest BCUT2D eigenvalue weighted by molar-refractivity contribution is 7.92. The number of allylic oxidation sites excluding steroid dienone is 1. The van der Waals surface area contributed by atoms with Gasteiger partial charge in [0.15, 0.2) is 21.5 Å². The number of hydrogen-bond acceptors (Lipinski definition) is 4. The molecule has 0 radical (unpaired) electrons. The summed E-state index contributed by atoms with van der Waals surface area (Å²) in [6, 6.07) is 7.42. The minimum absolute atomic E-state index is 0.0707. The summed E-state index contributed by atoms with van der Waals surface area (Å²) >= 11 is 0. The quantitative estimate of drug-likeness (QED) is 0.249. The van der Waals surface area contributed by atoms with Crippen LogP contribution < -0.4 is 0 Å². The van der Waals surface area contributed by atoms with Crippen LogP contribution in [-0.2, 0) is 9.84 Å². The molecular formula is C32H42F6O4S. The van der Waals surface area contributed by atoms with E-state index in [9.17, 15) is 45.0 Å². The highest BCUT2D eigenvalue weighted by Gasteiger charge is 2.64. The molecule has 10 atom stereocenters. The summed E-state index contributed by atoms with van der Waals surface area (Å²) in [5.41, 5.74) is -2.89. The van der Waals surface area contributed by atoms with Crippen LogP contribution in [0, 0.1) is 40.4 Å². The van der Waals surface area contributed by atoms with Crippen LogP contribution in [-0.4, -0.2) is 47.9 Å². The third kappa shape index (κ3) is 5.37. The largest absolute Gasteiger partial charge is 0.417 e. The molecule has 0 saturated heterocycles. The third-order valence-corrected chi connectivity index (χ3v) is 14.6. The predicted molar refractivity (Wildman–Crippen MR) is 149 cm³/mol. The molecule has 1 aromatic rings. The Kier molecular flexibility index (Phi) is 8.20. The summed E-state index contributed by atoms with van der Waals surface area (Å²) in [4.78, 5) is -0.0707. The van der Waals surface area contributed by atoms with Crippen LogP contribution in [0.1, 0.15) is 78.6 Å². The molecule has 0 heterocycles. The lowest BCUT2D eigenvalue weighted by Gasteiger charge is -2.59. The Balaban J connectivity index is 1.44. The first-order valence-electron chi connectivity index (χ1n) is 15.3. The fraction of sp³-hybridized carbons (Fsp3) is 0.750. The van der Waals surface area contributed by atoms with E-state index in [0.717, 1.165) is 12.8 Å². The molecule has 1 aromatic carbocycles. The number of benzene rings is 1. The van der Waals surface area contributed by atoms with Crippen LogP contribution in [0.3, 0.4) is 0 Å². The minimum atomic E-state index is -4.95. The van der Waals surface area contributed by atoms with E-state index in [4.69, 9.17) is 0 Å². The molecule has 5 rings (SSSR count). The van der Waals surface area contributed by atoms with E-state index in [1.807, 2.05) is 13.0 Å². The number of fused-ring (bicyclic) bond motifs is 5. The van der Waals surface area contributed by atoms with Gasteiger partial charge in [0.25, 0.3) is 0 Å². The fourth-order valence-electron chi connectivity index (χ4n) is 9.81. The molecule has 3 saturated carbocycles. The smallest absolute Gasteiger partial charge is 0.384 e. The lowest BCUT2D eigenvalue weighted by atomic mass is 9.46. The van der Waals surface area contributed by atoms with Gasteiger partial charge in [0, 0.05) is 6.42 Å². The van der Waals surface area contributed by atoms with Crippen LogP contribution in [0.4, 0.5) is 26.3 Å². The molecule has 3 fully saturated rings. The van der Waals surface area contributed by atoms with Gasteiger partial charge in [0.2, 0.25) is 0 Å². The summed E-state index contributed by atoms with van der Waals surface area (Å²) in [7, 11) is -4.21. The first-order valence-corrected chi connectivity index (χ1v) is 16.8. The zero-order chi connectivity index (χ0) is 31.8. The van der Waals surface area contributed by atoms with Gasteiger partial charge in [-0.1, -0.05) is 50.6 Å². The van der Waals surface area contributed by atoms with Crippen LogP contribution in [0.15, 0.2) is 46.9 Å². The van der Waals surface area contributed by atoms with Gasteiger partial charge >= 0.3 is 12.4 Å². The van der Waals surface area contributed by atoms with Gasteiger partial charge < -0.3 is 10.2 Å². The Hall–Kier alpha value is -1.59. The molecule has 0 amide bonds. The van der Waals surface area contributed by atoms with Gasteiger partial charge in [-0.25, -0.2) is 8.42 Å². The second-order valence-corrected chi connectivity index (χ2v) is 16.4.